The summed E-state index contributed by atoms with van der Waals surface area (Å²) in [5, 5.41) is 3.63. The molecule has 0 fully saturated rings. The molecule has 0 rings (SSSR count). The van der Waals surface area contributed by atoms with Gasteiger partial charge in [0.1, 0.15) is 0 Å². The lowest BCUT2D eigenvalue weighted by Gasteiger charge is -2.15. The second kappa shape index (κ2) is 15.3. The van der Waals surface area contributed by atoms with Crippen molar-refractivity contribution in [1.82, 2.24) is 5.32 Å². The van der Waals surface area contributed by atoms with Crippen molar-refractivity contribution < 1.29 is 0 Å². The fraction of sp³-hybridized carbons (Fsp3) is 1.00. The average Bonchev–Trinajstić information content (AvgIpc) is 2.39. The highest BCUT2D eigenvalue weighted by Gasteiger charge is 2.03. The molecular weight excluding hydrogens is 244 g/mol. The summed E-state index contributed by atoms with van der Waals surface area (Å²) < 4.78 is 0. The minimum atomic E-state index is 0.684. The average molecular weight is 285 g/mol. The molecule has 1 atom stereocenters. The van der Waals surface area contributed by atoms with Gasteiger partial charge in [0.25, 0.3) is 0 Å². The van der Waals surface area contributed by atoms with E-state index in [9.17, 15) is 0 Å². The molecule has 0 bridgehead atoms. The third kappa shape index (κ3) is 16.0. The topological polar surface area (TPSA) is 38.0 Å². The van der Waals surface area contributed by atoms with Crippen LogP contribution in [0.2, 0.25) is 0 Å². The highest BCUT2D eigenvalue weighted by Crippen LogP contribution is 2.10. The fourth-order valence-electron chi connectivity index (χ4n) is 2.82. The van der Waals surface area contributed by atoms with Crippen LogP contribution in [0.15, 0.2) is 0 Å². The summed E-state index contributed by atoms with van der Waals surface area (Å²) in [6, 6.07) is 0.684. The maximum absolute atomic E-state index is 5.49. The maximum Gasteiger partial charge on any atom is 0.00411 e. The van der Waals surface area contributed by atoms with E-state index in [4.69, 9.17) is 5.73 Å². The van der Waals surface area contributed by atoms with Crippen molar-refractivity contribution in [2.24, 2.45) is 11.7 Å². The predicted octanol–water partition coefficient (Wildman–Crippen LogP) is 4.87. The second-order valence-corrected chi connectivity index (χ2v) is 6.81. The van der Waals surface area contributed by atoms with Gasteiger partial charge in [-0.1, -0.05) is 65.2 Å². The first-order valence-electron chi connectivity index (χ1n) is 9.10. The number of unbranched alkanes of at least 4 members (excludes halogenated alkanes) is 9. The molecule has 0 amide bonds. The van der Waals surface area contributed by atoms with E-state index in [-0.39, 0.29) is 0 Å². The molecule has 0 aromatic heterocycles. The van der Waals surface area contributed by atoms with Gasteiger partial charge in [-0.05, 0) is 45.2 Å². The van der Waals surface area contributed by atoms with Crippen LogP contribution in [0.5, 0.6) is 0 Å². The fourth-order valence-corrected chi connectivity index (χ4v) is 2.82. The lowest BCUT2D eigenvalue weighted by molar-refractivity contribution is 0.433. The Bertz CT molecular complexity index is 180. The molecule has 20 heavy (non-hydrogen) atoms. The Morgan fingerprint density at radius 3 is 1.60 bits per heavy atom. The normalized spacial score (nSPS) is 13.1. The van der Waals surface area contributed by atoms with Gasteiger partial charge in [0.15, 0.2) is 0 Å². The van der Waals surface area contributed by atoms with E-state index in [0.29, 0.717) is 6.04 Å². The number of hydrogen-bond acceptors (Lipinski definition) is 2. The second-order valence-electron chi connectivity index (χ2n) is 6.81. The van der Waals surface area contributed by atoms with Gasteiger partial charge >= 0.3 is 0 Å². The zero-order chi connectivity index (χ0) is 15.1. The summed E-state index contributed by atoms with van der Waals surface area (Å²) in [5.41, 5.74) is 5.49. The first kappa shape index (κ1) is 19.9. The molecule has 0 spiro atoms. The van der Waals surface area contributed by atoms with Gasteiger partial charge in [-0.2, -0.15) is 0 Å². The first-order valence-corrected chi connectivity index (χ1v) is 9.10. The number of hydrogen-bond donors (Lipinski definition) is 2. The Morgan fingerprint density at radius 1 is 0.700 bits per heavy atom. The largest absolute Gasteiger partial charge is 0.330 e. The van der Waals surface area contributed by atoms with E-state index < -0.39 is 0 Å². The van der Waals surface area contributed by atoms with Crippen LogP contribution in [-0.4, -0.2) is 19.1 Å². The molecule has 0 aliphatic carbocycles. The molecule has 0 saturated carbocycles. The quantitative estimate of drug-likeness (QED) is 0.421. The Morgan fingerprint density at radius 2 is 1.15 bits per heavy atom. The Labute approximate surface area is 128 Å². The Balaban J connectivity index is 3.06. The van der Waals surface area contributed by atoms with Crippen molar-refractivity contribution >= 4 is 0 Å². The summed E-state index contributed by atoms with van der Waals surface area (Å²) in [6.45, 7) is 8.98. The maximum atomic E-state index is 5.49. The highest BCUT2D eigenvalue weighted by atomic mass is 14.9. The number of nitrogens with one attached hydrogen (secondary N) is 1. The van der Waals surface area contributed by atoms with Crippen LogP contribution in [0.1, 0.15) is 91.4 Å². The molecule has 2 nitrogen and oxygen atoms in total. The van der Waals surface area contributed by atoms with Crippen LogP contribution in [0.4, 0.5) is 0 Å². The molecule has 3 N–H and O–H groups in total. The molecular formula is C18H40N2. The summed E-state index contributed by atoms with van der Waals surface area (Å²) >= 11 is 0. The van der Waals surface area contributed by atoms with Crippen molar-refractivity contribution in [3.05, 3.63) is 0 Å². The molecule has 0 aliphatic rings. The highest BCUT2D eigenvalue weighted by molar-refractivity contribution is 4.62. The zero-order valence-corrected chi connectivity index (χ0v) is 14.4. The Kier molecular flexibility index (Phi) is 15.3. The number of rotatable bonds is 15. The van der Waals surface area contributed by atoms with Gasteiger partial charge in [0, 0.05) is 6.04 Å². The first-order chi connectivity index (χ1) is 9.66. The minimum absolute atomic E-state index is 0.684. The van der Waals surface area contributed by atoms with Crippen LogP contribution in [0.3, 0.4) is 0 Å². The van der Waals surface area contributed by atoms with Gasteiger partial charge in [0.2, 0.25) is 0 Å². The molecule has 0 aliphatic heterocycles. The van der Waals surface area contributed by atoms with Crippen LogP contribution >= 0.6 is 0 Å². The minimum Gasteiger partial charge on any atom is -0.330 e. The molecule has 0 aromatic rings. The lowest BCUT2D eigenvalue weighted by atomic mass is 10.0. The van der Waals surface area contributed by atoms with Crippen LogP contribution in [-0.2, 0) is 0 Å². The van der Waals surface area contributed by atoms with E-state index in [0.717, 1.165) is 12.5 Å². The van der Waals surface area contributed by atoms with Gasteiger partial charge in [0.05, 0.1) is 0 Å². The van der Waals surface area contributed by atoms with Crippen LogP contribution in [0, 0.1) is 5.92 Å². The van der Waals surface area contributed by atoms with Crippen molar-refractivity contribution in [2.75, 3.05) is 13.1 Å². The van der Waals surface area contributed by atoms with Crippen molar-refractivity contribution in [2.45, 2.75) is 97.4 Å². The summed E-state index contributed by atoms with van der Waals surface area (Å²) in [4.78, 5) is 0. The lowest BCUT2D eigenvalue weighted by Crippen LogP contribution is -2.28. The van der Waals surface area contributed by atoms with E-state index in [1.807, 2.05) is 0 Å². The zero-order valence-electron chi connectivity index (χ0n) is 14.4. The molecule has 0 saturated heterocycles. The smallest absolute Gasteiger partial charge is 0.00411 e. The van der Waals surface area contributed by atoms with Gasteiger partial charge in [-0.15, -0.1) is 0 Å². The standard InChI is InChI=1S/C18H40N2/c1-17(2)16-18(3)20-15-13-11-9-7-5-4-6-8-10-12-14-19/h17-18,20H,4-16,19H2,1-3H3. The predicted molar refractivity (Wildman–Crippen MR) is 92.1 cm³/mol. The van der Waals surface area contributed by atoms with E-state index in [2.05, 4.69) is 26.1 Å². The van der Waals surface area contributed by atoms with Gasteiger partial charge in [-0.3, -0.25) is 0 Å². The molecule has 2 heteroatoms. The number of nitrogens with two attached hydrogens (primary N) is 1. The molecule has 0 aromatic carbocycles. The van der Waals surface area contributed by atoms with Crippen molar-refractivity contribution in [3.63, 3.8) is 0 Å². The van der Waals surface area contributed by atoms with Crippen molar-refractivity contribution in [1.29, 1.82) is 0 Å². The van der Waals surface area contributed by atoms with E-state index in [1.54, 1.807) is 0 Å². The third-order valence-corrected chi connectivity index (χ3v) is 3.95. The van der Waals surface area contributed by atoms with Crippen molar-refractivity contribution in [3.8, 4) is 0 Å². The summed E-state index contributed by atoms with van der Waals surface area (Å²) in [5.74, 6) is 0.808. The Hall–Kier alpha value is -0.0800. The molecule has 0 heterocycles. The van der Waals surface area contributed by atoms with Crippen LogP contribution < -0.4 is 11.1 Å². The molecule has 0 radical (unpaired) electrons. The SMILES string of the molecule is CC(C)CC(C)NCCCCCCCCCCCCN. The summed E-state index contributed by atoms with van der Waals surface area (Å²) in [7, 11) is 0. The van der Waals surface area contributed by atoms with E-state index >= 15 is 0 Å². The van der Waals surface area contributed by atoms with Crippen LogP contribution in [0.25, 0.3) is 0 Å². The monoisotopic (exact) mass is 284 g/mol. The third-order valence-electron chi connectivity index (χ3n) is 3.95. The van der Waals surface area contributed by atoms with Gasteiger partial charge in [-0.25, -0.2) is 0 Å². The molecule has 122 valence electrons. The van der Waals surface area contributed by atoms with Gasteiger partial charge < -0.3 is 11.1 Å². The molecule has 1 unspecified atom stereocenters. The summed E-state index contributed by atoms with van der Waals surface area (Å²) in [6.07, 6.45) is 15.1. The van der Waals surface area contributed by atoms with E-state index in [1.165, 1.54) is 77.2 Å².